The highest BCUT2D eigenvalue weighted by Crippen LogP contribution is 2.45. The van der Waals surface area contributed by atoms with Crippen LogP contribution in [0.15, 0.2) is 24.3 Å². The summed E-state index contributed by atoms with van der Waals surface area (Å²) in [7, 11) is 0. The second kappa shape index (κ2) is 6.46. The highest BCUT2D eigenvalue weighted by Gasteiger charge is 2.31. The Hall–Kier alpha value is -0.650. The number of nitrogens with one attached hydrogen (secondary N) is 1. The lowest BCUT2D eigenvalue weighted by Crippen LogP contribution is -2.39. The first-order valence-electron chi connectivity index (χ1n) is 8.18. The van der Waals surface area contributed by atoms with Gasteiger partial charge in [0.25, 0.3) is 5.91 Å². The van der Waals surface area contributed by atoms with Gasteiger partial charge < -0.3 is 10.2 Å². The summed E-state index contributed by atoms with van der Waals surface area (Å²) in [6, 6.07) is 9.46. The summed E-state index contributed by atoms with van der Waals surface area (Å²) >= 11 is 4.02. The van der Waals surface area contributed by atoms with Crippen molar-refractivity contribution >= 4 is 29.4 Å². The average molecular weight is 335 g/mol. The summed E-state index contributed by atoms with van der Waals surface area (Å²) in [5.41, 5.74) is 2.19. The SMILES string of the molecule is O=C(c1ccc(C2SCCS2)cc1)N1CCC2CCC(C1)N2. The highest BCUT2D eigenvalue weighted by atomic mass is 32.2. The number of rotatable bonds is 2. The topological polar surface area (TPSA) is 32.3 Å². The molecule has 3 fully saturated rings. The molecule has 3 aliphatic rings. The molecule has 1 amide bonds. The lowest BCUT2D eigenvalue weighted by molar-refractivity contribution is 0.0748. The molecular weight excluding hydrogens is 312 g/mol. The molecule has 0 saturated carbocycles. The fourth-order valence-electron chi connectivity index (χ4n) is 3.64. The molecule has 0 aromatic heterocycles. The van der Waals surface area contributed by atoms with Crippen LogP contribution in [-0.4, -0.2) is 47.5 Å². The predicted molar refractivity (Wildman–Crippen MR) is 94.6 cm³/mol. The predicted octanol–water partition coefficient (Wildman–Crippen LogP) is 3.13. The van der Waals surface area contributed by atoms with Gasteiger partial charge in [-0.3, -0.25) is 4.79 Å². The minimum absolute atomic E-state index is 0.202. The van der Waals surface area contributed by atoms with Gasteiger partial charge in [-0.2, -0.15) is 0 Å². The maximum atomic E-state index is 12.7. The number of likely N-dealkylation sites (tertiary alicyclic amines) is 1. The van der Waals surface area contributed by atoms with Crippen molar-refractivity contribution in [3.8, 4) is 0 Å². The van der Waals surface area contributed by atoms with E-state index >= 15 is 0 Å². The summed E-state index contributed by atoms with van der Waals surface area (Å²) in [5, 5.41) is 3.64. The van der Waals surface area contributed by atoms with E-state index in [0.29, 0.717) is 16.7 Å². The van der Waals surface area contributed by atoms with Crippen LogP contribution in [0.1, 0.15) is 39.8 Å². The van der Waals surface area contributed by atoms with Crippen LogP contribution in [0.2, 0.25) is 0 Å². The van der Waals surface area contributed by atoms with Gasteiger partial charge in [0.1, 0.15) is 0 Å². The highest BCUT2D eigenvalue weighted by molar-refractivity contribution is 8.19. The van der Waals surface area contributed by atoms with Crippen LogP contribution in [0, 0.1) is 0 Å². The van der Waals surface area contributed by atoms with Crippen molar-refractivity contribution in [2.75, 3.05) is 24.6 Å². The van der Waals surface area contributed by atoms with E-state index in [0.717, 1.165) is 25.1 Å². The molecule has 5 heteroatoms. The maximum Gasteiger partial charge on any atom is 0.253 e. The van der Waals surface area contributed by atoms with E-state index in [4.69, 9.17) is 0 Å². The molecule has 3 heterocycles. The minimum Gasteiger partial charge on any atom is -0.337 e. The molecule has 3 nitrogen and oxygen atoms in total. The largest absolute Gasteiger partial charge is 0.337 e. The van der Waals surface area contributed by atoms with E-state index in [1.54, 1.807) is 0 Å². The van der Waals surface area contributed by atoms with Gasteiger partial charge in [0.2, 0.25) is 0 Å². The van der Waals surface area contributed by atoms with Crippen LogP contribution >= 0.6 is 23.5 Å². The van der Waals surface area contributed by atoms with Crippen molar-refractivity contribution in [1.29, 1.82) is 0 Å². The number of amides is 1. The molecule has 2 bridgehead atoms. The number of carbonyl (C=O) groups excluding carboxylic acids is 1. The van der Waals surface area contributed by atoms with Gasteiger partial charge in [-0.25, -0.2) is 0 Å². The molecule has 1 N–H and O–H groups in total. The van der Waals surface area contributed by atoms with E-state index in [1.165, 1.54) is 29.9 Å². The Balaban J connectivity index is 1.45. The Labute approximate surface area is 140 Å². The zero-order chi connectivity index (χ0) is 14.9. The first-order valence-corrected chi connectivity index (χ1v) is 10.3. The minimum atomic E-state index is 0.202. The van der Waals surface area contributed by atoms with E-state index in [9.17, 15) is 4.79 Å². The van der Waals surface area contributed by atoms with Crippen molar-refractivity contribution < 1.29 is 4.79 Å². The standard InChI is InChI=1S/C17H22N2OS2/c20-16(19-8-7-14-5-6-15(11-19)18-14)12-1-3-13(4-2-12)17-21-9-10-22-17/h1-4,14-15,17-18H,5-11H2. The summed E-state index contributed by atoms with van der Waals surface area (Å²) < 4.78 is 0.558. The van der Waals surface area contributed by atoms with Gasteiger partial charge in [0.05, 0.1) is 4.58 Å². The van der Waals surface area contributed by atoms with E-state index in [-0.39, 0.29) is 5.91 Å². The smallest absolute Gasteiger partial charge is 0.253 e. The molecule has 4 rings (SSSR count). The van der Waals surface area contributed by atoms with E-state index in [2.05, 4.69) is 17.4 Å². The molecule has 3 aliphatic heterocycles. The van der Waals surface area contributed by atoms with Crippen LogP contribution in [-0.2, 0) is 0 Å². The molecule has 3 saturated heterocycles. The van der Waals surface area contributed by atoms with E-state index < -0.39 is 0 Å². The third kappa shape index (κ3) is 3.03. The Bertz CT molecular complexity index is 542. The molecule has 2 unspecified atom stereocenters. The maximum absolute atomic E-state index is 12.7. The van der Waals surface area contributed by atoms with Gasteiger partial charge >= 0.3 is 0 Å². The number of fused-ring (bicyclic) bond motifs is 2. The Morgan fingerprint density at radius 2 is 1.77 bits per heavy atom. The Kier molecular flexibility index (Phi) is 4.38. The molecule has 22 heavy (non-hydrogen) atoms. The average Bonchev–Trinajstić information content (AvgIpc) is 3.17. The van der Waals surface area contributed by atoms with Gasteiger partial charge in [-0.05, 0) is 37.0 Å². The first-order chi connectivity index (χ1) is 10.8. The van der Waals surface area contributed by atoms with Crippen LogP contribution in [0.5, 0.6) is 0 Å². The lowest BCUT2D eigenvalue weighted by atomic mass is 10.1. The Morgan fingerprint density at radius 3 is 2.55 bits per heavy atom. The normalized spacial score (nSPS) is 28.8. The molecular formula is C17H22N2OS2. The van der Waals surface area contributed by atoms with Crippen molar-refractivity contribution in [1.82, 2.24) is 10.2 Å². The lowest BCUT2D eigenvalue weighted by Gasteiger charge is -2.24. The summed E-state index contributed by atoms with van der Waals surface area (Å²) in [5.74, 6) is 2.67. The molecule has 0 spiro atoms. The van der Waals surface area contributed by atoms with Gasteiger partial charge in [0, 0.05) is 42.2 Å². The van der Waals surface area contributed by atoms with Crippen LogP contribution in [0.25, 0.3) is 0 Å². The molecule has 0 radical (unpaired) electrons. The van der Waals surface area contributed by atoms with Crippen molar-refractivity contribution in [2.24, 2.45) is 0 Å². The number of hydrogen-bond donors (Lipinski definition) is 1. The number of hydrogen-bond acceptors (Lipinski definition) is 4. The summed E-state index contributed by atoms with van der Waals surface area (Å²) in [6.07, 6.45) is 3.58. The fraction of sp³-hybridized carbons (Fsp3) is 0.588. The number of benzene rings is 1. The zero-order valence-corrected chi connectivity index (χ0v) is 14.3. The number of carbonyl (C=O) groups is 1. The van der Waals surface area contributed by atoms with Gasteiger partial charge in [-0.1, -0.05) is 12.1 Å². The monoisotopic (exact) mass is 334 g/mol. The van der Waals surface area contributed by atoms with Crippen molar-refractivity contribution in [2.45, 2.75) is 35.9 Å². The third-order valence-corrected chi connectivity index (χ3v) is 7.97. The molecule has 1 aromatic carbocycles. The molecule has 2 atom stereocenters. The van der Waals surface area contributed by atoms with E-state index in [1.807, 2.05) is 40.6 Å². The first kappa shape index (κ1) is 14.9. The van der Waals surface area contributed by atoms with Crippen LogP contribution < -0.4 is 5.32 Å². The Morgan fingerprint density at radius 1 is 1.05 bits per heavy atom. The van der Waals surface area contributed by atoms with Crippen molar-refractivity contribution in [3.63, 3.8) is 0 Å². The summed E-state index contributed by atoms with van der Waals surface area (Å²) in [6.45, 7) is 1.76. The van der Waals surface area contributed by atoms with Gasteiger partial charge in [-0.15, -0.1) is 23.5 Å². The second-order valence-electron chi connectivity index (χ2n) is 6.37. The summed E-state index contributed by atoms with van der Waals surface area (Å²) in [4.78, 5) is 14.8. The van der Waals surface area contributed by atoms with Gasteiger partial charge in [0.15, 0.2) is 0 Å². The molecule has 0 aliphatic carbocycles. The fourth-order valence-corrected chi connectivity index (χ4v) is 6.50. The molecule has 1 aromatic rings. The zero-order valence-electron chi connectivity index (χ0n) is 12.7. The quantitative estimate of drug-likeness (QED) is 0.901. The number of nitrogens with zero attached hydrogens (tertiary/aromatic N) is 1. The second-order valence-corrected chi connectivity index (χ2v) is 9.10. The number of thioether (sulfide) groups is 2. The van der Waals surface area contributed by atoms with Crippen LogP contribution in [0.4, 0.5) is 0 Å². The third-order valence-electron chi connectivity index (χ3n) is 4.86. The molecule has 118 valence electrons. The van der Waals surface area contributed by atoms with Crippen molar-refractivity contribution in [3.05, 3.63) is 35.4 Å². The van der Waals surface area contributed by atoms with Crippen LogP contribution in [0.3, 0.4) is 0 Å².